The lowest BCUT2D eigenvalue weighted by Gasteiger charge is -2.21. The van der Waals surface area contributed by atoms with Gasteiger partial charge in [-0.2, -0.15) is 0 Å². The highest BCUT2D eigenvalue weighted by Gasteiger charge is 2.22. The lowest BCUT2D eigenvalue weighted by atomic mass is 9.86. The quantitative estimate of drug-likeness (QED) is 0.146. The van der Waals surface area contributed by atoms with Crippen molar-refractivity contribution < 1.29 is 0 Å². The first-order valence-electron chi connectivity index (χ1n) is 16.2. The standard InChI is InChI=1S/C44H30N4/c1-27-39-33-11-3-5-15-37(33)48-44(32-23-19-30(20-24-32)36-14-8-10-26-46-36)42(39)28(2)40-34-12-4-6-16-38(34)47-43(41(27)40)31-21-17-29(18-22-31)35-13-7-9-25-45-35/h3-26H,1-2H3. The zero-order valence-electron chi connectivity index (χ0n) is 26.6. The smallest absolute Gasteiger partial charge is 0.0791 e. The summed E-state index contributed by atoms with van der Waals surface area (Å²) in [6.45, 7) is 4.51. The zero-order valence-corrected chi connectivity index (χ0v) is 26.6. The van der Waals surface area contributed by atoms with Gasteiger partial charge in [0.25, 0.3) is 0 Å². The van der Waals surface area contributed by atoms with Crippen LogP contribution in [0.2, 0.25) is 0 Å². The lowest BCUT2D eigenvalue weighted by molar-refractivity contribution is 1.32. The van der Waals surface area contributed by atoms with Crippen molar-refractivity contribution in [2.45, 2.75) is 13.8 Å². The van der Waals surface area contributed by atoms with Crippen LogP contribution in [-0.2, 0) is 0 Å². The average molecular weight is 615 g/mol. The topological polar surface area (TPSA) is 51.6 Å². The highest BCUT2D eigenvalue weighted by molar-refractivity contribution is 6.25. The van der Waals surface area contributed by atoms with Gasteiger partial charge >= 0.3 is 0 Å². The Bertz CT molecular complexity index is 2460. The molecule has 9 aromatic rings. The number of rotatable bonds is 4. The number of hydrogen-bond acceptors (Lipinski definition) is 4. The van der Waals surface area contributed by atoms with E-state index in [9.17, 15) is 0 Å². The summed E-state index contributed by atoms with van der Waals surface area (Å²) in [6.07, 6.45) is 3.67. The van der Waals surface area contributed by atoms with Crippen molar-refractivity contribution >= 4 is 43.4 Å². The number of nitrogens with zero attached hydrogens (tertiary/aromatic N) is 4. The molecule has 48 heavy (non-hydrogen) atoms. The van der Waals surface area contributed by atoms with Crippen molar-refractivity contribution in [2.75, 3.05) is 0 Å². The fraction of sp³-hybridized carbons (Fsp3) is 0.0455. The van der Waals surface area contributed by atoms with Crippen LogP contribution < -0.4 is 0 Å². The van der Waals surface area contributed by atoms with Crippen molar-refractivity contribution in [2.24, 2.45) is 0 Å². The van der Waals surface area contributed by atoms with Gasteiger partial charge in [0.05, 0.1) is 33.8 Å². The summed E-state index contributed by atoms with van der Waals surface area (Å²) in [5, 5.41) is 7.09. The Morgan fingerprint density at radius 1 is 0.354 bits per heavy atom. The Hall–Kier alpha value is -6.26. The van der Waals surface area contributed by atoms with Gasteiger partial charge in [-0.25, -0.2) is 9.97 Å². The molecule has 0 saturated heterocycles. The van der Waals surface area contributed by atoms with Gasteiger partial charge in [-0.05, 0) is 72.1 Å². The van der Waals surface area contributed by atoms with Gasteiger partial charge in [0.2, 0.25) is 0 Å². The summed E-state index contributed by atoms with van der Waals surface area (Å²) in [6, 6.07) is 46.3. The first-order valence-corrected chi connectivity index (χ1v) is 16.2. The minimum atomic E-state index is 0.956. The molecule has 0 aliphatic carbocycles. The van der Waals surface area contributed by atoms with Gasteiger partial charge < -0.3 is 0 Å². The molecule has 0 bridgehead atoms. The molecule has 0 radical (unpaired) electrons. The first kappa shape index (κ1) is 28.0. The van der Waals surface area contributed by atoms with Gasteiger partial charge in [-0.1, -0.05) is 97.1 Å². The van der Waals surface area contributed by atoms with E-state index in [0.717, 1.165) is 66.8 Å². The second-order valence-corrected chi connectivity index (χ2v) is 12.3. The SMILES string of the molecule is Cc1c2c(-c3ccc(-c4ccccn4)cc3)nc3ccccc3c2c(C)c2c(-c3ccc(-c4ccccn4)cc3)nc3ccccc3c12. The molecule has 4 heterocycles. The van der Waals surface area contributed by atoms with E-state index in [1.807, 2.05) is 48.8 Å². The third kappa shape index (κ3) is 4.45. The van der Waals surface area contributed by atoms with Crippen LogP contribution in [0.1, 0.15) is 11.1 Å². The molecule has 0 spiro atoms. The maximum absolute atomic E-state index is 5.35. The lowest BCUT2D eigenvalue weighted by Crippen LogP contribution is -1.99. The van der Waals surface area contributed by atoms with E-state index >= 15 is 0 Å². The number of fused-ring (bicyclic) bond motifs is 6. The molecule has 4 nitrogen and oxygen atoms in total. The number of pyridine rings is 4. The molecule has 4 heteroatoms. The number of para-hydroxylation sites is 2. The molecule has 0 saturated carbocycles. The zero-order chi connectivity index (χ0) is 32.2. The van der Waals surface area contributed by atoms with E-state index < -0.39 is 0 Å². The molecule has 0 N–H and O–H groups in total. The van der Waals surface area contributed by atoms with Crippen LogP contribution in [-0.4, -0.2) is 19.9 Å². The molecule has 5 aromatic carbocycles. The number of aromatic nitrogens is 4. The monoisotopic (exact) mass is 614 g/mol. The van der Waals surface area contributed by atoms with Crippen molar-refractivity contribution in [1.29, 1.82) is 0 Å². The summed E-state index contributed by atoms with van der Waals surface area (Å²) >= 11 is 0. The minimum absolute atomic E-state index is 0.956. The third-order valence-electron chi connectivity index (χ3n) is 9.52. The van der Waals surface area contributed by atoms with Crippen molar-refractivity contribution in [3.8, 4) is 45.0 Å². The first-order chi connectivity index (χ1) is 23.7. The molecule has 0 aliphatic rings. The van der Waals surface area contributed by atoms with Crippen LogP contribution in [0.3, 0.4) is 0 Å². The van der Waals surface area contributed by atoms with Gasteiger partial charge in [0, 0.05) is 56.2 Å². The molecular formula is C44H30N4. The highest BCUT2D eigenvalue weighted by Crippen LogP contribution is 2.45. The number of hydrogen-bond donors (Lipinski definition) is 0. The molecule has 0 atom stereocenters. The van der Waals surface area contributed by atoms with Crippen LogP contribution in [0.4, 0.5) is 0 Å². The fourth-order valence-corrected chi connectivity index (χ4v) is 7.27. The molecule has 4 aromatic heterocycles. The van der Waals surface area contributed by atoms with Crippen LogP contribution in [0, 0.1) is 13.8 Å². The van der Waals surface area contributed by atoms with E-state index in [1.165, 1.54) is 32.7 Å². The Labute approximate surface area is 278 Å². The molecular weight excluding hydrogens is 585 g/mol. The van der Waals surface area contributed by atoms with Crippen LogP contribution in [0.25, 0.3) is 88.4 Å². The largest absolute Gasteiger partial charge is 0.256 e. The fourth-order valence-electron chi connectivity index (χ4n) is 7.27. The van der Waals surface area contributed by atoms with Gasteiger partial charge in [-0.3, -0.25) is 9.97 Å². The highest BCUT2D eigenvalue weighted by atomic mass is 14.7. The third-order valence-corrected chi connectivity index (χ3v) is 9.52. The van der Waals surface area contributed by atoms with Crippen molar-refractivity contribution in [3.05, 3.63) is 157 Å². The van der Waals surface area contributed by atoms with E-state index in [0.29, 0.717) is 0 Å². The maximum Gasteiger partial charge on any atom is 0.0791 e. The Morgan fingerprint density at radius 2 is 0.729 bits per heavy atom. The molecule has 0 aliphatic heterocycles. The normalized spacial score (nSPS) is 11.5. The van der Waals surface area contributed by atoms with E-state index in [4.69, 9.17) is 9.97 Å². The molecule has 0 unspecified atom stereocenters. The van der Waals surface area contributed by atoms with Crippen molar-refractivity contribution in [3.63, 3.8) is 0 Å². The predicted octanol–water partition coefficient (Wildman–Crippen LogP) is 11.2. The van der Waals surface area contributed by atoms with Gasteiger partial charge in [0.1, 0.15) is 0 Å². The second-order valence-electron chi connectivity index (χ2n) is 12.3. The van der Waals surface area contributed by atoms with Crippen LogP contribution in [0.5, 0.6) is 0 Å². The molecule has 226 valence electrons. The van der Waals surface area contributed by atoms with Gasteiger partial charge in [-0.15, -0.1) is 0 Å². The Morgan fingerprint density at radius 3 is 1.12 bits per heavy atom. The Kier molecular flexibility index (Phi) is 6.54. The summed E-state index contributed by atoms with van der Waals surface area (Å²) in [5.74, 6) is 0. The molecule has 9 rings (SSSR count). The van der Waals surface area contributed by atoms with E-state index in [-0.39, 0.29) is 0 Å². The summed E-state index contributed by atoms with van der Waals surface area (Å²) in [7, 11) is 0. The maximum atomic E-state index is 5.35. The van der Waals surface area contributed by atoms with E-state index in [1.54, 1.807) is 0 Å². The molecule has 0 fully saturated rings. The number of benzene rings is 5. The average Bonchev–Trinajstić information content (AvgIpc) is 3.16. The summed E-state index contributed by atoms with van der Waals surface area (Å²) in [5.41, 5.74) is 12.6. The molecule has 0 amide bonds. The summed E-state index contributed by atoms with van der Waals surface area (Å²) in [4.78, 5) is 19.8. The Balaban J connectivity index is 1.36. The minimum Gasteiger partial charge on any atom is -0.256 e. The van der Waals surface area contributed by atoms with Crippen LogP contribution >= 0.6 is 0 Å². The van der Waals surface area contributed by atoms with E-state index in [2.05, 4.69) is 121 Å². The number of aryl methyl sites for hydroxylation is 2. The second kappa shape index (κ2) is 11.2. The van der Waals surface area contributed by atoms with Crippen molar-refractivity contribution in [1.82, 2.24) is 19.9 Å². The van der Waals surface area contributed by atoms with Crippen LogP contribution in [0.15, 0.2) is 146 Å². The van der Waals surface area contributed by atoms with Gasteiger partial charge in [0.15, 0.2) is 0 Å². The summed E-state index contributed by atoms with van der Waals surface area (Å²) < 4.78 is 0. The predicted molar refractivity (Wildman–Crippen MR) is 199 cm³/mol.